The molecule has 1 N–H and O–H groups in total. The second kappa shape index (κ2) is 11.3. The molecule has 1 aliphatic rings. The predicted molar refractivity (Wildman–Crippen MR) is 144 cm³/mol. The summed E-state index contributed by atoms with van der Waals surface area (Å²) >= 11 is 13.0. The van der Waals surface area contributed by atoms with E-state index >= 15 is 0 Å². The molecule has 0 radical (unpaired) electrons. The minimum Gasteiger partial charge on any atom is -0.482 e. The summed E-state index contributed by atoms with van der Waals surface area (Å²) in [6.45, 7) is 9.41. The van der Waals surface area contributed by atoms with Gasteiger partial charge in [0.1, 0.15) is 11.6 Å². The third-order valence-electron chi connectivity index (χ3n) is 6.95. The third-order valence-corrected chi connectivity index (χ3v) is 7.76. The van der Waals surface area contributed by atoms with E-state index in [1.54, 1.807) is 12.1 Å². The number of hydrogen-bond acceptors (Lipinski definition) is 3. The van der Waals surface area contributed by atoms with Crippen molar-refractivity contribution in [2.24, 2.45) is 5.92 Å². The summed E-state index contributed by atoms with van der Waals surface area (Å²) in [6, 6.07) is 15.8. The molecular weight excluding hydrogens is 514 g/mol. The molecule has 3 aromatic rings. The molecular formula is C30H29Cl2FO4. The fraction of sp³-hybridized carbons (Fsp3) is 0.300. The van der Waals surface area contributed by atoms with Crippen LogP contribution in [0.4, 0.5) is 4.39 Å². The summed E-state index contributed by atoms with van der Waals surface area (Å²) in [6.07, 6.45) is -0.421. The van der Waals surface area contributed by atoms with E-state index in [1.165, 1.54) is 12.1 Å². The highest BCUT2D eigenvalue weighted by Gasteiger charge is 2.42. The first kappa shape index (κ1) is 27.2. The van der Waals surface area contributed by atoms with E-state index < -0.39 is 24.8 Å². The van der Waals surface area contributed by atoms with Crippen LogP contribution in [0.3, 0.4) is 0 Å². The normalized spacial score (nSPS) is 21.5. The maximum absolute atomic E-state index is 14.4. The quantitative estimate of drug-likeness (QED) is 0.304. The van der Waals surface area contributed by atoms with Crippen LogP contribution < -0.4 is 4.74 Å². The number of carboxylic acids is 1. The van der Waals surface area contributed by atoms with Crippen molar-refractivity contribution in [2.45, 2.75) is 45.3 Å². The molecule has 4 nitrogen and oxygen atoms in total. The van der Waals surface area contributed by atoms with E-state index in [0.717, 1.165) is 22.3 Å². The number of rotatable bonds is 7. The molecule has 1 heterocycles. The summed E-state index contributed by atoms with van der Waals surface area (Å²) < 4.78 is 27.0. The van der Waals surface area contributed by atoms with Gasteiger partial charge in [-0.15, -0.1) is 0 Å². The first-order valence-electron chi connectivity index (χ1n) is 12.0. The Labute approximate surface area is 226 Å². The van der Waals surface area contributed by atoms with Gasteiger partial charge >= 0.3 is 5.97 Å². The largest absolute Gasteiger partial charge is 0.482 e. The molecule has 0 bridgehead atoms. The lowest BCUT2D eigenvalue weighted by Gasteiger charge is -2.44. The summed E-state index contributed by atoms with van der Waals surface area (Å²) in [5.74, 6) is -1.33. The molecule has 1 fully saturated rings. The highest BCUT2D eigenvalue weighted by molar-refractivity contribution is 6.32. The number of aryl methyl sites for hydroxylation is 1. The van der Waals surface area contributed by atoms with Crippen LogP contribution in [0, 0.1) is 25.6 Å². The molecule has 4 atom stereocenters. The molecule has 1 aliphatic heterocycles. The van der Waals surface area contributed by atoms with Crippen LogP contribution in [0.2, 0.25) is 10.0 Å². The monoisotopic (exact) mass is 542 g/mol. The fourth-order valence-corrected chi connectivity index (χ4v) is 5.54. The summed E-state index contributed by atoms with van der Waals surface area (Å²) in [7, 11) is 0. The number of aliphatic carboxylic acids is 1. The van der Waals surface area contributed by atoms with Crippen molar-refractivity contribution >= 4 is 29.2 Å². The zero-order valence-electron chi connectivity index (χ0n) is 20.9. The molecule has 37 heavy (non-hydrogen) atoms. The van der Waals surface area contributed by atoms with Crippen LogP contribution in [0.25, 0.3) is 0 Å². The Morgan fingerprint density at radius 1 is 1.11 bits per heavy atom. The van der Waals surface area contributed by atoms with Gasteiger partial charge in [0.05, 0.1) is 12.2 Å². The summed E-state index contributed by atoms with van der Waals surface area (Å²) in [4.78, 5) is 11.3. The smallest absolute Gasteiger partial charge is 0.341 e. The lowest BCUT2D eigenvalue weighted by Crippen LogP contribution is -2.32. The highest BCUT2D eigenvalue weighted by Crippen LogP contribution is 2.54. The number of carboxylic acid groups (broad SMARTS) is 1. The van der Waals surface area contributed by atoms with Crippen molar-refractivity contribution in [2.75, 3.05) is 6.61 Å². The van der Waals surface area contributed by atoms with Gasteiger partial charge in [-0.2, -0.15) is 0 Å². The molecule has 0 amide bonds. The number of benzene rings is 3. The van der Waals surface area contributed by atoms with Crippen LogP contribution in [0.15, 0.2) is 66.7 Å². The van der Waals surface area contributed by atoms with Crippen LogP contribution in [0.1, 0.15) is 59.3 Å². The van der Waals surface area contributed by atoms with Crippen LogP contribution in [0.5, 0.6) is 5.75 Å². The lowest BCUT2D eigenvalue weighted by molar-refractivity contribution is -0.139. The Balaban J connectivity index is 1.88. The Kier molecular flexibility index (Phi) is 8.27. The van der Waals surface area contributed by atoms with Crippen molar-refractivity contribution in [3.63, 3.8) is 0 Å². The first-order valence-corrected chi connectivity index (χ1v) is 12.8. The Bertz CT molecular complexity index is 1340. The lowest BCUT2D eigenvalue weighted by atomic mass is 9.73. The average Bonchev–Trinajstić information content (AvgIpc) is 2.85. The molecule has 1 saturated heterocycles. The molecule has 194 valence electrons. The van der Waals surface area contributed by atoms with Crippen molar-refractivity contribution in [1.82, 2.24) is 0 Å². The molecule has 0 unspecified atom stereocenters. The van der Waals surface area contributed by atoms with Gasteiger partial charge in [0.25, 0.3) is 0 Å². The van der Waals surface area contributed by atoms with Gasteiger partial charge in [0.2, 0.25) is 0 Å². The Hall–Kier alpha value is -2.86. The number of hydrogen-bond donors (Lipinski definition) is 1. The van der Waals surface area contributed by atoms with Gasteiger partial charge in [0.15, 0.2) is 6.61 Å². The van der Waals surface area contributed by atoms with E-state index in [2.05, 4.69) is 6.58 Å². The number of ether oxygens (including phenoxy) is 2. The zero-order valence-corrected chi connectivity index (χ0v) is 22.4. The van der Waals surface area contributed by atoms with Crippen molar-refractivity contribution in [3.05, 3.63) is 110 Å². The molecule has 0 saturated carbocycles. The molecule has 3 aromatic carbocycles. The molecule has 0 aromatic heterocycles. The maximum Gasteiger partial charge on any atom is 0.341 e. The standard InChI is InChI=1S/C30H29Cl2FO4/c1-16(2)23-14-24(19-7-5-9-21(31)12-19)29(20-8-6-10-22(33)13-20)37-30(23)27-18(4)28(32)17(3)11-25(27)36-15-26(34)35/h5-13,23-24,29-30H,1,14-15H2,2-4H3,(H,34,35)/t23-,24-,29+,30+/m1/s1. The second-order valence-electron chi connectivity index (χ2n) is 9.61. The molecule has 7 heteroatoms. The van der Waals surface area contributed by atoms with Crippen LogP contribution in [-0.2, 0) is 9.53 Å². The van der Waals surface area contributed by atoms with Gasteiger partial charge in [0, 0.05) is 27.4 Å². The topological polar surface area (TPSA) is 55.8 Å². The SMILES string of the molecule is C=C(C)[C@H]1C[C@H](c2cccc(Cl)c2)[C@H](c2cccc(F)c2)O[C@@H]1c1c(OCC(=O)O)cc(C)c(Cl)c1C. The van der Waals surface area contributed by atoms with E-state index in [1.807, 2.05) is 51.1 Å². The molecule has 0 aliphatic carbocycles. The summed E-state index contributed by atoms with van der Waals surface area (Å²) in [5, 5.41) is 10.4. The molecule has 0 spiro atoms. The Morgan fingerprint density at radius 3 is 2.46 bits per heavy atom. The van der Waals surface area contributed by atoms with Crippen molar-refractivity contribution < 1.29 is 23.8 Å². The van der Waals surface area contributed by atoms with Gasteiger partial charge < -0.3 is 14.6 Å². The van der Waals surface area contributed by atoms with E-state index in [9.17, 15) is 14.3 Å². The fourth-order valence-electron chi connectivity index (χ4n) is 5.19. The van der Waals surface area contributed by atoms with Crippen LogP contribution >= 0.6 is 23.2 Å². The van der Waals surface area contributed by atoms with Gasteiger partial charge in [-0.05, 0) is 79.8 Å². The van der Waals surface area contributed by atoms with E-state index in [-0.39, 0.29) is 17.7 Å². The minimum atomic E-state index is -1.09. The van der Waals surface area contributed by atoms with Gasteiger partial charge in [-0.25, -0.2) is 9.18 Å². The first-order chi connectivity index (χ1) is 17.6. The predicted octanol–water partition coefficient (Wildman–Crippen LogP) is 8.39. The summed E-state index contributed by atoms with van der Waals surface area (Å²) in [5.41, 5.74) is 4.76. The van der Waals surface area contributed by atoms with Crippen LogP contribution in [-0.4, -0.2) is 17.7 Å². The van der Waals surface area contributed by atoms with Crippen molar-refractivity contribution in [1.29, 1.82) is 0 Å². The van der Waals surface area contributed by atoms with E-state index in [4.69, 9.17) is 32.7 Å². The van der Waals surface area contributed by atoms with E-state index in [0.29, 0.717) is 33.3 Å². The molecule has 4 rings (SSSR count). The van der Waals surface area contributed by atoms with Gasteiger partial charge in [-0.1, -0.05) is 59.6 Å². The van der Waals surface area contributed by atoms with Crippen molar-refractivity contribution in [3.8, 4) is 5.75 Å². The zero-order chi connectivity index (χ0) is 26.9. The Morgan fingerprint density at radius 2 is 1.81 bits per heavy atom. The highest BCUT2D eigenvalue weighted by atomic mass is 35.5. The minimum absolute atomic E-state index is 0.136. The second-order valence-corrected chi connectivity index (χ2v) is 10.4. The van der Waals surface area contributed by atoms with Gasteiger partial charge in [-0.3, -0.25) is 0 Å². The number of carbonyl (C=O) groups is 1. The average molecular weight is 543 g/mol. The maximum atomic E-state index is 14.4. The third kappa shape index (κ3) is 5.85. The number of halogens is 3.